The predicted molar refractivity (Wildman–Crippen MR) is 105 cm³/mol. The van der Waals surface area contributed by atoms with Gasteiger partial charge in [0.2, 0.25) is 0 Å². The van der Waals surface area contributed by atoms with Crippen LogP contribution in [0.4, 0.5) is 0 Å². The van der Waals surface area contributed by atoms with E-state index in [1.807, 2.05) is 52.0 Å². The van der Waals surface area contributed by atoms with Crippen LogP contribution in [0.2, 0.25) is 0 Å². The topological polar surface area (TPSA) is 50.8 Å². The molecule has 0 saturated carbocycles. The highest BCUT2D eigenvalue weighted by molar-refractivity contribution is 6.62. The van der Waals surface area contributed by atoms with Crippen molar-refractivity contribution < 1.29 is 14.1 Å². The molecule has 26 heavy (non-hydrogen) atoms. The third-order valence-electron chi connectivity index (χ3n) is 5.84. The van der Waals surface area contributed by atoms with E-state index in [1.54, 1.807) is 0 Å². The molecular weight excluding hydrogens is 327 g/mol. The number of carbonyl (C=O) groups excluding carboxylic acids is 1. The summed E-state index contributed by atoms with van der Waals surface area (Å²) in [5, 5.41) is 3.03. The first-order valence-electron chi connectivity index (χ1n) is 9.75. The summed E-state index contributed by atoms with van der Waals surface area (Å²) in [5.74, 6) is -0.0413. The Labute approximate surface area is 157 Å². The normalized spacial score (nSPS) is 22.4. The maximum atomic E-state index is 12.5. The molecule has 1 aromatic carbocycles. The van der Waals surface area contributed by atoms with E-state index in [-0.39, 0.29) is 17.1 Å². The molecule has 2 fully saturated rings. The van der Waals surface area contributed by atoms with Crippen LogP contribution in [-0.4, -0.2) is 55.3 Å². The van der Waals surface area contributed by atoms with Gasteiger partial charge in [0.25, 0.3) is 5.91 Å². The molecule has 0 aromatic heterocycles. The summed E-state index contributed by atoms with van der Waals surface area (Å²) in [6.07, 6.45) is 3.86. The van der Waals surface area contributed by atoms with Crippen LogP contribution in [0.5, 0.6) is 0 Å². The van der Waals surface area contributed by atoms with Gasteiger partial charge in [-0.2, -0.15) is 0 Å². The first-order chi connectivity index (χ1) is 12.3. The third-order valence-corrected chi connectivity index (χ3v) is 5.84. The molecule has 0 bridgehead atoms. The number of benzene rings is 1. The molecule has 142 valence electrons. The van der Waals surface area contributed by atoms with Crippen LogP contribution in [-0.2, 0) is 9.31 Å². The summed E-state index contributed by atoms with van der Waals surface area (Å²) < 4.78 is 12.2. The number of carbonyl (C=O) groups is 1. The quantitative estimate of drug-likeness (QED) is 0.820. The van der Waals surface area contributed by atoms with Crippen molar-refractivity contribution in [2.24, 2.45) is 0 Å². The molecule has 2 heterocycles. The summed E-state index contributed by atoms with van der Waals surface area (Å²) in [5.41, 5.74) is 0.762. The van der Waals surface area contributed by atoms with Crippen molar-refractivity contribution >= 4 is 18.5 Å². The average Bonchev–Trinajstić information content (AvgIpc) is 2.84. The van der Waals surface area contributed by atoms with Crippen LogP contribution in [0, 0.1) is 0 Å². The number of nitrogens with one attached hydrogen (secondary N) is 1. The van der Waals surface area contributed by atoms with E-state index in [2.05, 4.69) is 10.2 Å². The minimum atomic E-state index is -0.443. The highest BCUT2D eigenvalue weighted by atomic mass is 16.7. The second kappa shape index (κ2) is 7.71. The van der Waals surface area contributed by atoms with Crippen LogP contribution >= 0.6 is 0 Å². The van der Waals surface area contributed by atoms with E-state index in [4.69, 9.17) is 9.31 Å². The fourth-order valence-electron chi connectivity index (χ4n) is 3.42. The van der Waals surface area contributed by atoms with Crippen molar-refractivity contribution in [2.75, 3.05) is 26.2 Å². The molecule has 0 unspecified atom stereocenters. The van der Waals surface area contributed by atoms with Gasteiger partial charge in [0.05, 0.1) is 11.2 Å². The minimum Gasteiger partial charge on any atom is -0.399 e. The molecule has 0 atom stereocenters. The predicted octanol–water partition coefficient (Wildman–Crippen LogP) is 2.20. The van der Waals surface area contributed by atoms with Gasteiger partial charge in [-0.05, 0) is 71.2 Å². The van der Waals surface area contributed by atoms with Crippen molar-refractivity contribution in [1.82, 2.24) is 10.2 Å². The minimum absolute atomic E-state index is 0.0413. The zero-order valence-electron chi connectivity index (χ0n) is 16.5. The Balaban J connectivity index is 1.57. The SMILES string of the molecule is CC1(C)OB(c2cccc(C(=O)NCCN3CCCCC3)c2)OC1(C)C. The first kappa shape index (κ1) is 19.4. The highest BCUT2D eigenvalue weighted by Gasteiger charge is 2.51. The Morgan fingerprint density at radius 1 is 1.12 bits per heavy atom. The van der Waals surface area contributed by atoms with E-state index in [9.17, 15) is 4.79 Å². The first-order valence-corrected chi connectivity index (χ1v) is 9.75. The molecule has 0 radical (unpaired) electrons. The van der Waals surface area contributed by atoms with Gasteiger partial charge in [0, 0.05) is 18.7 Å². The van der Waals surface area contributed by atoms with Crippen LogP contribution in [0.3, 0.4) is 0 Å². The molecule has 1 aromatic rings. The number of amides is 1. The largest absolute Gasteiger partial charge is 0.494 e. The average molecular weight is 358 g/mol. The zero-order chi connectivity index (χ0) is 18.8. The number of rotatable bonds is 5. The van der Waals surface area contributed by atoms with Crippen molar-refractivity contribution in [3.63, 3.8) is 0 Å². The fraction of sp³-hybridized carbons (Fsp3) is 0.650. The number of hydrogen-bond acceptors (Lipinski definition) is 4. The zero-order valence-corrected chi connectivity index (χ0v) is 16.5. The Morgan fingerprint density at radius 2 is 1.77 bits per heavy atom. The lowest BCUT2D eigenvalue weighted by atomic mass is 9.78. The highest BCUT2D eigenvalue weighted by Crippen LogP contribution is 2.36. The molecular formula is C20H31BN2O3. The van der Waals surface area contributed by atoms with E-state index in [1.165, 1.54) is 19.3 Å². The smallest absolute Gasteiger partial charge is 0.399 e. The summed E-state index contributed by atoms with van der Waals surface area (Å²) in [4.78, 5) is 14.9. The lowest BCUT2D eigenvalue weighted by molar-refractivity contribution is 0.00578. The monoisotopic (exact) mass is 358 g/mol. The van der Waals surface area contributed by atoms with Gasteiger partial charge in [-0.25, -0.2) is 0 Å². The molecule has 6 heteroatoms. The van der Waals surface area contributed by atoms with E-state index in [0.717, 1.165) is 25.1 Å². The Morgan fingerprint density at radius 3 is 2.42 bits per heavy atom. The van der Waals surface area contributed by atoms with Gasteiger partial charge >= 0.3 is 7.12 Å². The lowest BCUT2D eigenvalue weighted by Gasteiger charge is -2.32. The van der Waals surface area contributed by atoms with Gasteiger partial charge < -0.3 is 19.5 Å². The molecule has 0 spiro atoms. The summed E-state index contributed by atoms with van der Waals surface area (Å²) in [6, 6.07) is 7.55. The van der Waals surface area contributed by atoms with Crippen LogP contribution < -0.4 is 10.8 Å². The van der Waals surface area contributed by atoms with Crippen molar-refractivity contribution in [3.05, 3.63) is 29.8 Å². The van der Waals surface area contributed by atoms with Gasteiger partial charge in [-0.15, -0.1) is 0 Å². The molecule has 0 aliphatic carbocycles. The van der Waals surface area contributed by atoms with Gasteiger partial charge in [0.15, 0.2) is 0 Å². The number of likely N-dealkylation sites (tertiary alicyclic amines) is 1. The van der Waals surface area contributed by atoms with Crippen LogP contribution in [0.25, 0.3) is 0 Å². The molecule has 2 aliphatic rings. The fourth-order valence-corrected chi connectivity index (χ4v) is 3.42. The van der Waals surface area contributed by atoms with Gasteiger partial charge in [-0.1, -0.05) is 18.6 Å². The van der Waals surface area contributed by atoms with Crippen molar-refractivity contribution in [2.45, 2.75) is 58.2 Å². The third kappa shape index (κ3) is 4.30. The second-order valence-corrected chi connectivity index (χ2v) is 8.37. The van der Waals surface area contributed by atoms with Crippen molar-refractivity contribution in [1.29, 1.82) is 0 Å². The van der Waals surface area contributed by atoms with Gasteiger partial charge in [0.1, 0.15) is 0 Å². The van der Waals surface area contributed by atoms with Crippen LogP contribution in [0.15, 0.2) is 24.3 Å². The standard InChI is InChI=1S/C20H31BN2O3/c1-19(2)20(3,4)26-21(25-19)17-10-8-9-16(15-17)18(24)22-11-14-23-12-6-5-7-13-23/h8-10,15H,5-7,11-14H2,1-4H3,(H,22,24). The molecule has 2 saturated heterocycles. The summed E-state index contributed by atoms with van der Waals surface area (Å²) in [7, 11) is -0.443. The Bertz CT molecular complexity index is 626. The van der Waals surface area contributed by atoms with Crippen molar-refractivity contribution in [3.8, 4) is 0 Å². The number of piperidine rings is 1. The Hall–Kier alpha value is -1.37. The summed E-state index contributed by atoms with van der Waals surface area (Å²) >= 11 is 0. The molecule has 1 amide bonds. The van der Waals surface area contributed by atoms with E-state index >= 15 is 0 Å². The van der Waals surface area contributed by atoms with Crippen LogP contribution in [0.1, 0.15) is 57.3 Å². The molecule has 3 rings (SSSR count). The maximum absolute atomic E-state index is 12.5. The lowest BCUT2D eigenvalue weighted by Crippen LogP contribution is -2.41. The number of nitrogens with zero attached hydrogens (tertiary/aromatic N) is 1. The van der Waals surface area contributed by atoms with Gasteiger partial charge in [-0.3, -0.25) is 4.79 Å². The maximum Gasteiger partial charge on any atom is 0.494 e. The summed E-state index contributed by atoms with van der Waals surface area (Å²) in [6.45, 7) is 12.0. The van der Waals surface area contributed by atoms with E-state index in [0.29, 0.717) is 12.1 Å². The molecule has 2 aliphatic heterocycles. The number of hydrogen-bond donors (Lipinski definition) is 1. The molecule has 5 nitrogen and oxygen atoms in total. The molecule has 1 N–H and O–H groups in total. The Kier molecular flexibility index (Phi) is 5.75. The second-order valence-electron chi connectivity index (χ2n) is 8.37. The van der Waals surface area contributed by atoms with E-state index < -0.39 is 7.12 Å².